The molecule has 0 spiro atoms. The first kappa shape index (κ1) is 16.0. The normalized spacial score (nSPS) is 16.2. The van der Waals surface area contributed by atoms with Crippen LogP contribution < -0.4 is 5.73 Å². The summed E-state index contributed by atoms with van der Waals surface area (Å²) in [7, 11) is 0. The average molecular weight is 275 g/mol. The molecule has 0 aromatic heterocycles. The number of hydrogen-bond acceptors (Lipinski definition) is 2. The maximum Gasteiger partial charge on any atom is 0.416 e. The van der Waals surface area contributed by atoms with Crippen LogP contribution in [-0.2, 0) is 6.18 Å². The van der Waals surface area contributed by atoms with Gasteiger partial charge in [-0.3, -0.25) is 0 Å². The summed E-state index contributed by atoms with van der Waals surface area (Å²) in [5.74, 6) is 0. The Morgan fingerprint density at radius 1 is 1.11 bits per heavy atom. The van der Waals surface area contributed by atoms with Gasteiger partial charge in [0.05, 0.1) is 11.7 Å². The highest BCUT2D eigenvalue weighted by Crippen LogP contribution is 2.31. The first-order valence-electron chi connectivity index (χ1n) is 6.12. The Kier molecular flexibility index (Phi) is 4.63. The Bertz CT molecular complexity index is 406. The van der Waals surface area contributed by atoms with Crippen LogP contribution in [0.3, 0.4) is 0 Å². The van der Waals surface area contributed by atoms with E-state index >= 15 is 0 Å². The Morgan fingerprint density at radius 3 is 1.95 bits per heavy atom. The van der Waals surface area contributed by atoms with Gasteiger partial charge in [0.25, 0.3) is 0 Å². The molecule has 0 amide bonds. The highest BCUT2D eigenvalue weighted by atomic mass is 19.4. The van der Waals surface area contributed by atoms with Crippen LogP contribution >= 0.6 is 0 Å². The third-order valence-corrected chi connectivity index (χ3v) is 3.21. The minimum absolute atomic E-state index is 0.160. The van der Waals surface area contributed by atoms with Gasteiger partial charge in [0.1, 0.15) is 0 Å². The van der Waals surface area contributed by atoms with E-state index in [4.69, 9.17) is 5.73 Å². The Morgan fingerprint density at radius 2 is 1.58 bits per heavy atom. The van der Waals surface area contributed by atoms with Gasteiger partial charge in [0.2, 0.25) is 0 Å². The molecule has 0 heterocycles. The van der Waals surface area contributed by atoms with Gasteiger partial charge in [-0.25, -0.2) is 0 Å². The van der Waals surface area contributed by atoms with Crippen molar-refractivity contribution in [3.8, 4) is 0 Å². The van der Waals surface area contributed by atoms with Gasteiger partial charge < -0.3 is 10.8 Å². The minimum atomic E-state index is -4.36. The van der Waals surface area contributed by atoms with E-state index in [1.165, 1.54) is 12.1 Å². The fourth-order valence-corrected chi connectivity index (χ4v) is 1.62. The number of rotatable bonds is 3. The molecule has 108 valence electrons. The molecule has 0 aliphatic heterocycles. The molecule has 0 aliphatic carbocycles. The van der Waals surface area contributed by atoms with Gasteiger partial charge in [0, 0.05) is 6.04 Å². The molecular weight excluding hydrogens is 255 g/mol. The van der Waals surface area contributed by atoms with Crippen molar-refractivity contribution in [3.63, 3.8) is 0 Å². The van der Waals surface area contributed by atoms with Crippen molar-refractivity contribution in [3.05, 3.63) is 35.4 Å². The van der Waals surface area contributed by atoms with Crippen LogP contribution in [0.15, 0.2) is 24.3 Å². The van der Waals surface area contributed by atoms with Crippen molar-refractivity contribution < 1.29 is 18.3 Å². The van der Waals surface area contributed by atoms with E-state index in [-0.39, 0.29) is 11.5 Å². The largest absolute Gasteiger partial charge is 0.416 e. The molecule has 0 unspecified atom stereocenters. The lowest BCUT2D eigenvalue weighted by Gasteiger charge is -2.29. The molecule has 0 saturated carbocycles. The van der Waals surface area contributed by atoms with E-state index in [0.29, 0.717) is 12.0 Å². The van der Waals surface area contributed by atoms with Crippen LogP contribution in [0.2, 0.25) is 0 Å². The summed E-state index contributed by atoms with van der Waals surface area (Å²) >= 11 is 0. The zero-order chi connectivity index (χ0) is 14.8. The fourth-order valence-electron chi connectivity index (χ4n) is 1.62. The highest BCUT2D eigenvalue weighted by Gasteiger charge is 2.30. The van der Waals surface area contributed by atoms with E-state index < -0.39 is 17.8 Å². The quantitative estimate of drug-likeness (QED) is 0.886. The first-order valence-corrected chi connectivity index (χ1v) is 6.12. The van der Waals surface area contributed by atoms with Gasteiger partial charge in [0.15, 0.2) is 0 Å². The molecule has 1 aromatic rings. The van der Waals surface area contributed by atoms with Gasteiger partial charge in [-0.15, -0.1) is 0 Å². The molecule has 0 saturated heterocycles. The monoisotopic (exact) mass is 275 g/mol. The summed E-state index contributed by atoms with van der Waals surface area (Å²) < 4.78 is 37.2. The second kappa shape index (κ2) is 5.51. The van der Waals surface area contributed by atoms with Gasteiger partial charge >= 0.3 is 6.18 Å². The van der Waals surface area contributed by atoms with E-state index in [9.17, 15) is 18.3 Å². The maximum absolute atomic E-state index is 12.4. The van der Waals surface area contributed by atoms with Crippen molar-refractivity contribution in [2.45, 2.75) is 45.5 Å². The Balaban J connectivity index is 2.76. The topological polar surface area (TPSA) is 46.2 Å². The number of alkyl halides is 3. The first-order chi connectivity index (χ1) is 8.51. The van der Waals surface area contributed by atoms with E-state index in [1.807, 2.05) is 20.8 Å². The van der Waals surface area contributed by atoms with Crippen LogP contribution in [0, 0.1) is 5.41 Å². The molecule has 2 atom stereocenters. The van der Waals surface area contributed by atoms with Gasteiger partial charge in [-0.05, 0) is 29.5 Å². The molecular formula is C14H20F3NO. The second-order valence-electron chi connectivity index (χ2n) is 5.84. The van der Waals surface area contributed by atoms with Gasteiger partial charge in [-0.1, -0.05) is 32.9 Å². The third kappa shape index (κ3) is 4.51. The molecule has 0 aliphatic rings. The number of benzene rings is 1. The van der Waals surface area contributed by atoms with Gasteiger partial charge in [-0.2, -0.15) is 13.2 Å². The van der Waals surface area contributed by atoms with Crippen molar-refractivity contribution in [2.24, 2.45) is 11.1 Å². The van der Waals surface area contributed by atoms with Crippen molar-refractivity contribution in [2.75, 3.05) is 0 Å². The molecule has 0 fully saturated rings. The van der Waals surface area contributed by atoms with Crippen molar-refractivity contribution in [1.29, 1.82) is 0 Å². The van der Waals surface area contributed by atoms with E-state index in [2.05, 4.69) is 0 Å². The predicted molar refractivity (Wildman–Crippen MR) is 68.5 cm³/mol. The molecule has 0 bridgehead atoms. The lowest BCUT2D eigenvalue weighted by atomic mass is 9.83. The van der Waals surface area contributed by atoms with E-state index in [0.717, 1.165) is 12.1 Å². The maximum atomic E-state index is 12.4. The zero-order valence-corrected chi connectivity index (χ0v) is 11.3. The number of hydrogen-bond donors (Lipinski definition) is 2. The molecule has 0 radical (unpaired) electrons. The standard InChI is InChI=1S/C14H20F3NO/c1-13(2,3)12(18)8-11(19)9-4-6-10(7-5-9)14(15,16)17/h4-7,11-12,19H,8,18H2,1-3H3/t11-,12+/m1/s1. The SMILES string of the molecule is CC(C)(C)[C@@H](N)C[C@@H](O)c1ccc(C(F)(F)F)cc1. The van der Waals surface area contributed by atoms with Crippen molar-refractivity contribution in [1.82, 2.24) is 0 Å². The molecule has 2 nitrogen and oxygen atoms in total. The molecule has 1 aromatic carbocycles. The number of aliphatic hydroxyl groups is 1. The minimum Gasteiger partial charge on any atom is -0.388 e. The average Bonchev–Trinajstić information content (AvgIpc) is 2.26. The number of halogens is 3. The fraction of sp³-hybridized carbons (Fsp3) is 0.571. The highest BCUT2D eigenvalue weighted by molar-refractivity contribution is 5.26. The van der Waals surface area contributed by atoms with E-state index in [1.54, 1.807) is 0 Å². The summed E-state index contributed by atoms with van der Waals surface area (Å²) in [6.45, 7) is 5.87. The predicted octanol–water partition coefficient (Wildman–Crippen LogP) is 3.50. The third-order valence-electron chi connectivity index (χ3n) is 3.21. The van der Waals surface area contributed by atoms with Crippen molar-refractivity contribution >= 4 is 0 Å². The molecule has 1 rings (SSSR count). The molecule has 5 heteroatoms. The second-order valence-corrected chi connectivity index (χ2v) is 5.84. The summed E-state index contributed by atoms with van der Waals surface area (Å²) in [4.78, 5) is 0. The lowest BCUT2D eigenvalue weighted by Crippen LogP contribution is -2.36. The van der Waals surface area contributed by atoms with Crippen LogP contribution in [0.1, 0.15) is 44.4 Å². The Hall–Kier alpha value is -1.07. The smallest absolute Gasteiger partial charge is 0.388 e. The van der Waals surface area contributed by atoms with Crippen LogP contribution in [0.5, 0.6) is 0 Å². The van der Waals surface area contributed by atoms with Crippen LogP contribution in [-0.4, -0.2) is 11.1 Å². The summed E-state index contributed by atoms with van der Waals surface area (Å²) in [6.07, 6.45) is -4.89. The summed E-state index contributed by atoms with van der Waals surface area (Å²) in [6, 6.07) is 4.30. The Labute approximate surface area is 111 Å². The number of aliphatic hydroxyl groups excluding tert-OH is 1. The summed E-state index contributed by atoms with van der Waals surface area (Å²) in [5, 5.41) is 9.99. The molecule has 3 N–H and O–H groups in total. The van der Waals surface area contributed by atoms with Crippen LogP contribution in [0.4, 0.5) is 13.2 Å². The number of nitrogens with two attached hydrogens (primary N) is 1. The van der Waals surface area contributed by atoms with Crippen LogP contribution in [0.25, 0.3) is 0 Å². The summed E-state index contributed by atoms with van der Waals surface area (Å²) in [5.41, 5.74) is 5.52. The zero-order valence-electron chi connectivity index (χ0n) is 11.3. The molecule has 19 heavy (non-hydrogen) atoms. The lowest BCUT2D eigenvalue weighted by molar-refractivity contribution is -0.137.